The number of rotatable bonds is 3. The van der Waals surface area contributed by atoms with Crippen molar-refractivity contribution >= 4 is 38.2 Å². The molecule has 2 aromatic rings. The van der Waals surface area contributed by atoms with Crippen molar-refractivity contribution in [2.24, 2.45) is 0 Å². The highest BCUT2D eigenvalue weighted by atomic mass is 35.5. The fourth-order valence-electron chi connectivity index (χ4n) is 1.21. The molecule has 0 saturated heterocycles. The van der Waals surface area contributed by atoms with Crippen LogP contribution in [0.1, 0.15) is 0 Å². The maximum Gasteiger partial charge on any atom is 0.246 e. The Morgan fingerprint density at radius 1 is 1.47 bits per heavy atom. The van der Waals surface area contributed by atoms with E-state index in [2.05, 4.69) is 14.9 Å². The van der Waals surface area contributed by atoms with Crippen LogP contribution in [-0.2, 0) is 10.0 Å². The fraction of sp³-hybridized carbons (Fsp3) is 0.125. The lowest BCUT2D eigenvalue weighted by molar-refractivity contribution is 0.605. The van der Waals surface area contributed by atoms with Gasteiger partial charge in [0.05, 0.1) is 17.4 Å². The minimum atomic E-state index is -3.44. The molecule has 2 N–H and O–H groups in total. The van der Waals surface area contributed by atoms with Gasteiger partial charge in [-0.2, -0.15) is 5.10 Å². The van der Waals surface area contributed by atoms with E-state index in [-0.39, 0.29) is 0 Å². The summed E-state index contributed by atoms with van der Waals surface area (Å²) in [5.41, 5.74) is 1.23. The highest BCUT2D eigenvalue weighted by Gasteiger charge is 2.08. The SMILES string of the molecule is O=S(=O)(CCl)Nc1ccc2cn[nH]c2c1. The minimum Gasteiger partial charge on any atom is -0.282 e. The number of H-pyrrole nitrogens is 1. The molecule has 0 bridgehead atoms. The summed E-state index contributed by atoms with van der Waals surface area (Å²) in [6.45, 7) is 0. The highest BCUT2D eigenvalue weighted by Crippen LogP contribution is 2.17. The normalized spacial score (nSPS) is 11.8. The number of aromatic amines is 1. The van der Waals surface area contributed by atoms with Crippen LogP contribution >= 0.6 is 11.6 Å². The zero-order valence-electron chi connectivity index (χ0n) is 7.57. The number of fused-ring (bicyclic) bond motifs is 1. The van der Waals surface area contributed by atoms with E-state index in [0.29, 0.717) is 5.69 Å². The van der Waals surface area contributed by atoms with Crippen molar-refractivity contribution in [2.45, 2.75) is 0 Å². The van der Waals surface area contributed by atoms with Gasteiger partial charge in [-0.15, -0.1) is 11.6 Å². The van der Waals surface area contributed by atoms with Gasteiger partial charge in [0.15, 0.2) is 0 Å². The summed E-state index contributed by atoms with van der Waals surface area (Å²) in [6, 6.07) is 5.08. The van der Waals surface area contributed by atoms with E-state index in [4.69, 9.17) is 11.6 Å². The van der Waals surface area contributed by atoms with E-state index >= 15 is 0 Å². The summed E-state index contributed by atoms with van der Waals surface area (Å²) in [5, 5.41) is 7.03. The lowest BCUT2D eigenvalue weighted by atomic mass is 10.2. The molecule has 1 aromatic heterocycles. The number of alkyl halides is 1. The van der Waals surface area contributed by atoms with Crippen molar-refractivity contribution in [3.8, 4) is 0 Å². The van der Waals surface area contributed by atoms with Gasteiger partial charge in [0.2, 0.25) is 10.0 Å². The zero-order valence-corrected chi connectivity index (χ0v) is 9.14. The van der Waals surface area contributed by atoms with Crippen LogP contribution in [-0.4, -0.2) is 23.8 Å². The summed E-state index contributed by atoms with van der Waals surface area (Å²) in [7, 11) is -3.44. The van der Waals surface area contributed by atoms with Crippen LogP contribution in [0.25, 0.3) is 10.9 Å². The Balaban J connectivity index is 2.37. The van der Waals surface area contributed by atoms with E-state index in [1.165, 1.54) is 0 Å². The highest BCUT2D eigenvalue weighted by molar-refractivity contribution is 7.93. The molecular weight excluding hydrogens is 238 g/mol. The monoisotopic (exact) mass is 245 g/mol. The summed E-state index contributed by atoms with van der Waals surface area (Å²) in [6.07, 6.45) is 1.66. The molecule has 0 atom stereocenters. The number of nitrogens with one attached hydrogen (secondary N) is 2. The van der Waals surface area contributed by atoms with Crippen LogP contribution in [0.3, 0.4) is 0 Å². The first-order valence-electron chi connectivity index (χ1n) is 4.10. The topological polar surface area (TPSA) is 74.8 Å². The smallest absolute Gasteiger partial charge is 0.246 e. The van der Waals surface area contributed by atoms with Crippen LogP contribution in [0.4, 0.5) is 5.69 Å². The van der Waals surface area contributed by atoms with Gasteiger partial charge in [0, 0.05) is 5.39 Å². The van der Waals surface area contributed by atoms with Crippen LogP contribution in [0, 0.1) is 0 Å². The van der Waals surface area contributed by atoms with Crippen molar-refractivity contribution in [3.63, 3.8) is 0 Å². The predicted octanol–water partition coefficient (Wildman–Crippen LogP) is 1.50. The van der Waals surface area contributed by atoms with Crippen LogP contribution in [0.5, 0.6) is 0 Å². The van der Waals surface area contributed by atoms with Gasteiger partial charge < -0.3 is 0 Å². The molecule has 0 aliphatic carbocycles. The molecule has 2 rings (SSSR count). The summed E-state index contributed by atoms with van der Waals surface area (Å²) in [5.74, 6) is 0. The number of hydrogen-bond donors (Lipinski definition) is 2. The summed E-state index contributed by atoms with van der Waals surface area (Å²) >= 11 is 5.27. The Morgan fingerprint density at radius 2 is 2.27 bits per heavy atom. The van der Waals surface area contributed by atoms with Gasteiger partial charge in [-0.1, -0.05) is 0 Å². The number of nitrogens with zero attached hydrogens (tertiary/aromatic N) is 1. The molecule has 0 aliphatic heterocycles. The molecule has 0 radical (unpaired) electrons. The standard InChI is InChI=1S/C8H8ClN3O2S/c9-5-15(13,14)12-7-2-1-6-4-10-11-8(6)3-7/h1-4,12H,5H2,(H,10,11). The maximum atomic E-state index is 11.2. The number of aromatic nitrogens is 2. The molecular formula is C8H8ClN3O2S. The quantitative estimate of drug-likeness (QED) is 0.805. The zero-order chi connectivity index (χ0) is 10.9. The van der Waals surface area contributed by atoms with E-state index in [9.17, 15) is 8.42 Å². The average molecular weight is 246 g/mol. The number of sulfonamides is 1. The largest absolute Gasteiger partial charge is 0.282 e. The third kappa shape index (κ3) is 2.21. The Labute approximate surface area is 91.5 Å². The van der Waals surface area contributed by atoms with E-state index in [0.717, 1.165) is 10.9 Å². The number of halogens is 1. The second-order valence-corrected chi connectivity index (χ2v) is 5.30. The average Bonchev–Trinajstić information content (AvgIpc) is 2.64. The van der Waals surface area contributed by atoms with E-state index in [1.807, 2.05) is 0 Å². The van der Waals surface area contributed by atoms with Crippen LogP contribution in [0.15, 0.2) is 24.4 Å². The van der Waals surface area contributed by atoms with E-state index in [1.54, 1.807) is 24.4 Å². The first-order chi connectivity index (χ1) is 7.11. The third-order valence-corrected chi connectivity index (χ3v) is 3.55. The molecule has 5 nitrogen and oxygen atoms in total. The molecule has 0 fully saturated rings. The van der Waals surface area contributed by atoms with Crippen LogP contribution < -0.4 is 4.72 Å². The number of anilines is 1. The molecule has 15 heavy (non-hydrogen) atoms. The minimum absolute atomic E-state index is 0.464. The number of benzene rings is 1. The molecule has 1 aromatic carbocycles. The summed E-state index contributed by atoms with van der Waals surface area (Å²) in [4.78, 5) is 0. The van der Waals surface area contributed by atoms with Crippen molar-refractivity contribution in [2.75, 3.05) is 9.93 Å². The Bertz CT molecular complexity index is 578. The second-order valence-electron chi connectivity index (χ2n) is 3.00. The Kier molecular flexibility index (Phi) is 2.54. The lowest BCUT2D eigenvalue weighted by Crippen LogP contribution is -2.13. The van der Waals surface area contributed by atoms with E-state index < -0.39 is 15.2 Å². The van der Waals surface area contributed by atoms with Crippen LogP contribution in [0.2, 0.25) is 0 Å². The van der Waals surface area contributed by atoms with Crippen molar-refractivity contribution in [1.82, 2.24) is 10.2 Å². The fourth-order valence-corrected chi connectivity index (χ4v) is 1.91. The number of hydrogen-bond acceptors (Lipinski definition) is 3. The second kappa shape index (κ2) is 3.71. The van der Waals surface area contributed by atoms with Crippen molar-refractivity contribution < 1.29 is 8.42 Å². The molecule has 0 spiro atoms. The Hall–Kier alpha value is -1.27. The summed E-state index contributed by atoms with van der Waals surface area (Å²) < 4.78 is 24.7. The molecule has 0 saturated carbocycles. The first kappa shape index (κ1) is 10.3. The molecule has 1 heterocycles. The van der Waals surface area contributed by atoms with Gasteiger partial charge >= 0.3 is 0 Å². The third-order valence-electron chi connectivity index (χ3n) is 1.86. The van der Waals surface area contributed by atoms with Crippen molar-refractivity contribution in [3.05, 3.63) is 24.4 Å². The first-order valence-corrected chi connectivity index (χ1v) is 6.29. The molecule has 0 amide bonds. The van der Waals surface area contributed by atoms with Gasteiger partial charge in [-0.25, -0.2) is 8.42 Å². The van der Waals surface area contributed by atoms with Gasteiger partial charge in [0.25, 0.3) is 0 Å². The van der Waals surface area contributed by atoms with Gasteiger partial charge in [-0.05, 0) is 18.2 Å². The molecule has 80 valence electrons. The van der Waals surface area contributed by atoms with Gasteiger partial charge in [0.1, 0.15) is 5.21 Å². The molecule has 0 aliphatic rings. The maximum absolute atomic E-state index is 11.2. The molecule has 0 unspecified atom stereocenters. The van der Waals surface area contributed by atoms with Gasteiger partial charge in [-0.3, -0.25) is 9.82 Å². The van der Waals surface area contributed by atoms with Crippen molar-refractivity contribution in [1.29, 1.82) is 0 Å². The predicted molar refractivity (Wildman–Crippen MR) is 59.4 cm³/mol. The Morgan fingerprint density at radius 3 is 3.00 bits per heavy atom. The molecule has 7 heteroatoms. The lowest BCUT2D eigenvalue weighted by Gasteiger charge is -2.04.